The molecule has 0 radical (unpaired) electrons. The Hall–Kier alpha value is -3.52. The summed E-state index contributed by atoms with van der Waals surface area (Å²) in [6.45, 7) is 0.323. The Balaban J connectivity index is 1.58. The summed E-state index contributed by atoms with van der Waals surface area (Å²) >= 11 is 1.55. The van der Waals surface area contributed by atoms with Crippen LogP contribution < -0.4 is 10.1 Å². The number of methoxy groups -OCH3 is 1. The van der Waals surface area contributed by atoms with Crippen LogP contribution >= 0.6 is 11.3 Å². The number of benzene rings is 1. The van der Waals surface area contributed by atoms with Gasteiger partial charge < -0.3 is 10.1 Å². The van der Waals surface area contributed by atoms with Gasteiger partial charge in [-0.3, -0.25) is 4.79 Å². The van der Waals surface area contributed by atoms with E-state index in [0.717, 1.165) is 16.1 Å². The number of thiophene rings is 1. The zero-order valence-electron chi connectivity index (χ0n) is 15.1. The van der Waals surface area contributed by atoms with Crippen LogP contribution in [0.2, 0.25) is 0 Å². The van der Waals surface area contributed by atoms with Crippen molar-refractivity contribution in [3.63, 3.8) is 0 Å². The van der Waals surface area contributed by atoms with Gasteiger partial charge in [-0.15, -0.1) is 16.4 Å². The molecule has 28 heavy (non-hydrogen) atoms. The lowest BCUT2D eigenvalue weighted by Crippen LogP contribution is -2.24. The van der Waals surface area contributed by atoms with Crippen molar-refractivity contribution in [2.24, 2.45) is 0 Å². The van der Waals surface area contributed by atoms with Crippen LogP contribution in [0.3, 0.4) is 0 Å². The molecule has 0 aliphatic carbocycles. The molecule has 1 aromatic carbocycles. The maximum absolute atomic E-state index is 12.6. The largest absolute Gasteiger partial charge is 0.481 e. The van der Waals surface area contributed by atoms with Gasteiger partial charge in [0.15, 0.2) is 5.82 Å². The van der Waals surface area contributed by atoms with Gasteiger partial charge in [-0.05, 0) is 29.1 Å². The number of amides is 1. The third-order valence-corrected chi connectivity index (χ3v) is 4.88. The second kappa shape index (κ2) is 8.01. The monoisotopic (exact) mass is 391 g/mol. The van der Waals surface area contributed by atoms with E-state index in [-0.39, 0.29) is 11.7 Å². The number of hydrogen-bond acceptors (Lipinski definition) is 6. The molecule has 0 spiro atoms. The van der Waals surface area contributed by atoms with E-state index >= 15 is 0 Å². The molecule has 3 heterocycles. The molecule has 0 aliphatic heterocycles. The highest BCUT2D eigenvalue weighted by molar-refractivity contribution is 7.13. The molecule has 4 rings (SSSR count). The van der Waals surface area contributed by atoms with Crippen molar-refractivity contribution >= 4 is 17.2 Å². The molecule has 0 unspecified atom stereocenters. The van der Waals surface area contributed by atoms with Crippen LogP contribution in [-0.4, -0.2) is 32.8 Å². The highest BCUT2D eigenvalue weighted by Crippen LogP contribution is 2.25. The first kappa shape index (κ1) is 17.9. The Bertz CT molecular complexity index is 1060. The van der Waals surface area contributed by atoms with Crippen LogP contribution in [-0.2, 0) is 6.54 Å². The first-order valence-corrected chi connectivity index (χ1v) is 9.46. The summed E-state index contributed by atoms with van der Waals surface area (Å²) in [5.74, 6) is 0.938. The summed E-state index contributed by atoms with van der Waals surface area (Å²) in [4.78, 5) is 22.2. The minimum absolute atomic E-state index is 0.119. The van der Waals surface area contributed by atoms with Crippen LogP contribution in [0.4, 0.5) is 0 Å². The zero-order chi connectivity index (χ0) is 19.3. The first-order chi connectivity index (χ1) is 13.7. The topological polar surface area (TPSA) is 81.9 Å². The standard InChI is InChI=1S/C20H17N5O2S/c1-27-17-10-9-14(12-21-17)13-22-20(26)18-23-19(16-8-5-11-28-16)25(24-18)15-6-3-2-4-7-15/h2-12H,13H2,1H3,(H,22,26). The lowest BCUT2D eigenvalue weighted by Gasteiger charge is -2.04. The van der Waals surface area contributed by atoms with E-state index in [1.54, 1.807) is 35.4 Å². The number of carbonyl (C=O) groups is 1. The highest BCUT2D eigenvalue weighted by atomic mass is 32.1. The van der Waals surface area contributed by atoms with Crippen molar-refractivity contribution in [2.45, 2.75) is 6.54 Å². The van der Waals surface area contributed by atoms with Crippen LogP contribution in [0.5, 0.6) is 5.88 Å². The summed E-state index contributed by atoms with van der Waals surface area (Å²) in [7, 11) is 1.56. The molecule has 8 heteroatoms. The molecule has 1 N–H and O–H groups in total. The molecular weight excluding hydrogens is 374 g/mol. The van der Waals surface area contributed by atoms with E-state index in [0.29, 0.717) is 18.2 Å². The van der Waals surface area contributed by atoms with Crippen molar-refractivity contribution in [3.05, 3.63) is 77.6 Å². The normalized spacial score (nSPS) is 10.6. The van der Waals surface area contributed by atoms with Crippen molar-refractivity contribution < 1.29 is 9.53 Å². The van der Waals surface area contributed by atoms with Crippen LogP contribution in [0.25, 0.3) is 16.4 Å². The molecular formula is C20H17N5O2S. The number of para-hydroxylation sites is 1. The number of aromatic nitrogens is 4. The second-order valence-electron chi connectivity index (χ2n) is 5.88. The fourth-order valence-corrected chi connectivity index (χ4v) is 3.32. The lowest BCUT2D eigenvalue weighted by molar-refractivity contribution is 0.0940. The molecule has 3 aromatic heterocycles. The number of pyridine rings is 1. The fourth-order valence-electron chi connectivity index (χ4n) is 2.62. The molecule has 140 valence electrons. The Kier molecular flexibility index (Phi) is 5.11. The summed E-state index contributed by atoms with van der Waals surface area (Å²) in [5.41, 5.74) is 1.70. The van der Waals surface area contributed by atoms with Crippen LogP contribution in [0.15, 0.2) is 66.2 Å². The average Bonchev–Trinajstić information content (AvgIpc) is 3.43. The molecule has 4 aromatic rings. The number of hydrogen-bond donors (Lipinski definition) is 1. The van der Waals surface area contributed by atoms with Gasteiger partial charge in [0, 0.05) is 18.8 Å². The predicted molar refractivity (Wildman–Crippen MR) is 107 cm³/mol. The number of nitrogens with one attached hydrogen (secondary N) is 1. The van der Waals surface area contributed by atoms with Crippen molar-refractivity contribution in [1.29, 1.82) is 0 Å². The van der Waals surface area contributed by atoms with Gasteiger partial charge in [-0.1, -0.05) is 30.3 Å². The third kappa shape index (κ3) is 3.77. The van der Waals surface area contributed by atoms with Gasteiger partial charge >= 0.3 is 0 Å². The van der Waals surface area contributed by atoms with Crippen molar-refractivity contribution in [2.75, 3.05) is 7.11 Å². The van der Waals surface area contributed by atoms with Gasteiger partial charge in [0.05, 0.1) is 17.7 Å². The number of nitrogens with zero attached hydrogens (tertiary/aromatic N) is 4. The van der Waals surface area contributed by atoms with Gasteiger partial charge in [0.1, 0.15) is 0 Å². The summed E-state index contributed by atoms with van der Waals surface area (Å²) in [6.07, 6.45) is 1.66. The molecule has 0 saturated heterocycles. The van der Waals surface area contributed by atoms with Gasteiger partial charge in [-0.25, -0.2) is 14.6 Å². The van der Waals surface area contributed by atoms with Crippen molar-refractivity contribution in [1.82, 2.24) is 25.1 Å². The minimum Gasteiger partial charge on any atom is -0.481 e. The molecule has 0 saturated carbocycles. The van der Waals surface area contributed by atoms with E-state index in [1.807, 2.05) is 53.9 Å². The molecule has 1 amide bonds. The Morgan fingerprint density at radius 1 is 1.14 bits per heavy atom. The van der Waals surface area contributed by atoms with Gasteiger partial charge in [-0.2, -0.15) is 0 Å². The van der Waals surface area contributed by atoms with E-state index in [4.69, 9.17) is 4.74 Å². The zero-order valence-corrected chi connectivity index (χ0v) is 15.9. The maximum Gasteiger partial charge on any atom is 0.291 e. The summed E-state index contributed by atoms with van der Waals surface area (Å²) in [6, 6.07) is 17.1. The Morgan fingerprint density at radius 2 is 2.00 bits per heavy atom. The van der Waals surface area contributed by atoms with Gasteiger partial charge in [0.2, 0.25) is 11.7 Å². The van der Waals surface area contributed by atoms with Crippen LogP contribution in [0, 0.1) is 0 Å². The van der Waals surface area contributed by atoms with E-state index in [2.05, 4.69) is 20.4 Å². The quantitative estimate of drug-likeness (QED) is 0.545. The molecule has 0 fully saturated rings. The average molecular weight is 391 g/mol. The van der Waals surface area contributed by atoms with Crippen LogP contribution in [0.1, 0.15) is 16.2 Å². The summed E-state index contributed by atoms with van der Waals surface area (Å²) < 4.78 is 6.73. The number of ether oxygens (including phenoxy) is 1. The Labute approximate surface area is 165 Å². The number of rotatable bonds is 6. The third-order valence-electron chi connectivity index (χ3n) is 4.01. The summed E-state index contributed by atoms with van der Waals surface area (Å²) in [5, 5.41) is 9.24. The predicted octanol–water partition coefficient (Wildman–Crippen LogP) is 3.33. The molecule has 0 aliphatic rings. The van der Waals surface area contributed by atoms with E-state index in [9.17, 15) is 4.79 Å². The lowest BCUT2D eigenvalue weighted by atomic mass is 10.3. The fraction of sp³-hybridized carbons (Fsp3) is 0.100. The van der Waals surface area contributed by atoms with E-state index < -0.39 is 0 Å². The van der Waals surface area contributed by atoms with E-state index in [1.165, 1.54) is 0 Å². The SMILES string of the molecule is COc1ccc(CNC(=O)c2nc(-c3cccs3)n(-c3ccccc3)n2)cn1. The minimum atomic E-state index is -0.344. The second-order valence-corrected chi connectivity index (χ2v) is 6.82. The maximum atomic E-state index is 12.6. The first-order valence-electron chi connectivity index (χ1n) is 8.58. The number of carbonyl (C=O) groups excluding carboxylic acids is 1. The molecule has 7 nitrogen and oxygen atoms in total. The molecule has 0 bridgehead atoms. The highest BCUT2D eigenvalue weighted by Gasteiger charge is 2.19. The smallest absolute Gasteiger partial charge is 0.291 e. The van der Waals surface area contributed by atoms with Crippen molar-refractivity contribution in [3.8, 4) is 22.3 Å². The Morgan fingerprint density at radius 3 is 2.68 bits per heavy atom. The molecule has 0 atom stereocenters. The van der Waals surface area contributed by atoms with Gasteiger partial charge in [0.25, 0.3) is 5.91 Å².